The molecule has 1 N–H and O–H groups in total. The van der Waals surface area contributed by atoms with Crippen LogP contribution in [0.5, 0.6) is 0 Å². The second-order valence-electron chi connectivity index (χ2n) is 5.74. The van der Waals surface area contributed by atoms with E-state index in [4.69, 9.17) is 4.52 Å². The second kappa shape index (κ2) is 6.49. The average Bonchev–Trinajstić information content (AvgIpc) is 3.22. The van der Waals surface area contributed by atoms with Crippen molar-refractivity contribution < 1.29 is 9.32 Å². The summed E-state index contributed by atoms with van der Waals surface area (Å²) in [6.45, 7) is 1.77. The maximum atomic E-state index is 12.0. The number of hydrogen-bond donors (Lipinski definition) is 1. The molecular formula is C19H15N3O2S. The van der Waals surface area contributed by atoms with Gasteiger partial charge in [0.2, 0.25) is 5.76 Å². The molecule has 0 radical (unpaired) electrons. The standard InChI is InChI=1S/C19H15N3O2S/c1-12-10-16(24-22-12)19(23)20-14-8-6-13(7-9-14)11-18-21-15-4-2-3-5-17(15)25-18/h2-10H,11H2,1H3,(H,20,23). The van der Waals surface area contributed by atoms with Crippen LogP contribution in [0.2, 0.25) is 0 Å². The third kappa shape index (κ3) is 3.44. The Kier molecular flexibility index (Phi) is 4.03. The van der Waals surface area contributed by atoms with Crippen LogP contribution in [0.3, 0.4) is 0 Å². The Balaban J connectivity index is 1.45. The van der Waals surface area contributed by atoms with Gasteiger partial charge < -0.3 is 9.84 Å². The van der Waals surface area contributed by atoms with E-state index < -0.39 is 0 Å². The Hall–Kier alpha value is -2.99. The van der Waals surface area contributed by atoms with E-state index >= 15 is 0 Å². The minimum atomic E-state index is -0.306. The van der Waals surface area contributed by atoms with Gasteiger partial charge in [-0.2, -0.15) is 0 Å². The number of nitrogens with one attached hydrogen (secondary N) is 1. The third-order valence-corrected chi connectivity index (χ3v) is 4.79. The van der Waals surface area contributed by atoms with E-state index in [1.54, 1.807) is 24.3 Å². The van der Waals surface area contributed by atoms with Crippen molar-refractivity contribution in [1.82, 2.24) is 10.1 Å². The van der Waals surface area contributed by atoms with Crippen LogP contribution in [0.4, 0.5) is 5.69 Å². The van der Waals surface area contributed by atoms with Gasteiger partial charge in [0.15, 0.2) is 0 Å². The van der Waals surface area contributed by atoms with Gasteiger partial charge in [0, 0.05) is 18.2 Å². The Morgan fingerprint density at radius 1 is 1.16 bits per heavy atom. The molecule has 4 rings (SSSR count). The Morgan fingerprint density at radius 3 is 2.68 bits per heavy atom. The van der Waals surface area contributed by atoms with Crippen LogP contribution in [-0.4, -0.2) is 16.0 Å². The molecule has 0 bridgehead atoms. The lowest BCUT2D eigenvalue weighted by atomic mass is 10.1. The van der Waals surface area contributed by atoms with Crippen molar-refractivity contribution in [2.75, 3.05) is 5.32 Å². The van der Waals surface area contributed by atoms with E-state index in [-0.39, 0.29) is 11.7 Å². The van der Waals surface area contributed by atoms with Crippen molar-refractivity contribution in [1.29, 1.82) is 0 Å². The number of anilines is 1. The zero-order chi connectivity index (χ0) is 17.2. The first kappa shape index (κ1) is 15.5. The molecule has 0 saturated carbocycles. The number of nitrogens with zero attached hydrogens (tertiary/aromatic N) is 2. The number of aryl methyl sites for hydroxylation is 1. The van der Waals surface area contributed by atoms with E-state index in [9.17, 15) is 4.79 Å². The molecular weight excluding hydrogens is 334 g/mol. The minimum Gasteiger partial charge on any atom is -0.351 e. The quantitative estimate of drug-likeness (QED) is 0.591. The van der Waals surface area contributed by atoms with E-state index in [0.29, 0.717) is 11.4 Å². The fourth-order valence-electron chi connectivity index (χ4n) is 2.54. The Morgan fingerprint density at radius 2 is 1.96 bits per heavy atom. The molecule has 2 aromatic carbocycles. The summed E-state index contributed by atoms with van der Waals surface area (Å²) >= 11 is 1.71. The van der Waals surface area contributed by atoms with Crippen molar-refractivity contribution >= 4 is 33.1 Å². The molecule has 2 aromatic heterocycles. The maximum Gasteiger partial charge on any atom is 0.294 e. The molecule has 0 aliphatic heterocycles. The summed E-state index contributed by atoms with van der Waals surface area (Å²) < 4.78 is 6.16. The second-order valence-corrected chi connectivity index (χ2v) is 6.85. The number of aromatic nitrogens is 2. The summed E-state index contributed by atoms with van der Waals surface area (Å²) in [5.41, 5.74) is 3.57. The summed E-state index contributed by atoms with van der Waals surface area (Å²) in [6.07, 6.45) is 0.773. The van der Waals surface area contributed by atoms with Gasteiger partial charge in [-0.15, -0.1) is 11.3 Å². The highest BCUT2D eigenvalue weighted by Crippen LogP contribution is 2.24. The molecule has 2 heterocycles. The van der Waals surface area contributed by atoms with Crippen LogP contribution in [0, 0.1) is 6.92 Å². The Bertz CT molecular complexity index is 1000. The van der Waals surface area contributed by atoms with Crippen LogP contribution in [0.15, 0.2) is 59.1 Å². The number of fused-ring (bicyclic) bond motifs is 1. The first-order valence-corrected chi connectivity index (χ1v) is 8.67. The zero-order valence-corrected chi connectivity index (χ0v) is 14.3. The van der Waals surface area contributed by atoms with Crippen molar-refractivity contribution in [2.45, 2.75) is 13.3 Å². The fraction of sp³-hybridized carbons (Fsp3) is 0.105. The van der Waals surface area contributed by atoms with Crippen LogP contribution in [-0.2, 0) is 6.42 Å². The van der Waals surface area contributed by atoms with E-state index in [1.165, 1.54) is 4.70 Å². The summed E-state index contributed by atoms with van der Waals surface area (Å²) in [5, 5.41) is 7.59. The molecule has 0 atom stereocenters. The number of carbonyl (C=O) groups excluding carboxylic acids is 1. The number of carbonyl (C=O) groups is 1. The topological polar surface area (TPSA) is 68.0 Å². The van der Waals surface area contributed by atoms with Gasteiger partial charge in [-0.3, -0.25) is 4.79 Å². The first-order chi connectivity index (χ1) is 12.2. The van der Waals surface area contributed by atoms with Crippen LogP contribution < -0.4 is 5.32 Å². The lowest BCUT2D eigenvalue weighted by Gasteiger charge is -2.04. The average molecular weight is 349 g/mol. The first-order valence-electron chi connectivity index (χ1n) is 7.85. The predicted molar refractivity (Wildman–Crippen MR) is 98.1 cm³/mol. The summed E-state index contributed by atoms with van der Waals surface area (Å²) in [5.74, 6) is -0.101. The molecule has 0 spiro atoms. The smallest absolute Gasteiger partial charge is 0.294 e. The number of para-hydroxylation sites is 1. The molecule has 124 valence electrons. The van der Waals surface area contributed by atoms with E-state index in [2.05, 4.69) is 21.5 Å². The summed E-state index contributed by atoms with van der Waals surface area (Å²) in [4.78, 5) is 16.7. The van der Waals surface area contributed by atoms with Crippen LogP contribution >= 0.6 is 11.3 Å². The minimum absolute atomic E-state index is 0.205. The van der Waals surface area contributed by atoms with Gasteiger partial charge in [-0.1, -0.05) is 29.4 Å². The van der Waals surface area contributed by atoms with Crippen molar-refractivity contribution in [2.24, 2.45) is 0 Å². The molecule has 6 heteroatoms. The third-order valence-electron chi connectivity index (χ3n) is 3.76. The molecule has 0 aliphatic carbocycles. The van der Waals surface area contributed by atoms with Gasteiger partial charge >= 0.3 is 0 Å². The highest BCUT2D eigenvalue weighted by Gasteiger charge is 2.11. The summed E-state index contributed by atoms with van der Waals surface area (Å²) in [7, 11) is 0. The number of hydrogen-bond acceptors (Lipinski definition) is 5. The maximum absolute atomic E-state index is 12.0. The van der Waals surface area contributed by atoms with Gasteiger partial charge in [0.05, 0.1) is 20.9 Å². The van der Waals surface area contributed by atoms with Gasteiger partial charge in [0.25, 0.3) is 5.91 Å². The zero-order valence-electron chi connectivity index (χ0n) is 13.5. The van der Waals surface area contributed by atoms with Gasteiger partial charge in [-0.05, 0) is 36.8 Å². The molecule has 0 aliphatic rings. The number of amides is 1. The molecule has 0 saturated heterocycles. The monoisotopic (exact) mass is 349 g/mol. The van der Waals surface area contributed by atoms with Crippen molar-refractivity contribution in [3.8, 4) is 0 Å². The lowest BCUT2D eigenvalue weighted by Crippen LogP contribution is -2.10. The number of rotatable bonds is 4. The molecule has 4 aromatic rings. The van der Waals surface area contributed by atoms with Gasteiger partial charge in [0.1, 0.15) is 0 Å². The number of thiazole rings is 1. The highest BCUT2D eigenvalue weighted by atomic mass is 32.1. The molecule has 25 heavy (non-hydrogen) atoms. The highest BCUT2D eigenvalue weighted by molar-refractivity contribution is 7.18. The van der Waals surface area contributed by atoms with Gasteiger partial charge in [-0.25, -0.2) is 4.98 Å². The molecule has 0 unspecified atom stereocenters. The van der Waals surface area contributed by atoms with Crippen molar-refractivity contribution in [3.05, 3.63) is 76.6 Å². The summed E-state index contributed by atoms with van der Waals surface area (Å²) in [6, 6.07) is 17.5. The molecule has 5 nitrogen and oxygen atoms in total. The van der Waals surface area contributed by atoms with Crippen LogP contribution in [0.25, 0.3) is 10.2 Å². The van der Waals surface area contributed by atoms with E-state index in [0.717, 1.165) is 22.5 Å². The number of benzene rings is 2. The normalized spacial score (nSPS) is 10.9. The lowest BCUT2D eigenvalue weighted by molar-refractivity contribution is 0.0988. The molecule has 0 fully saturated rings. The largest absolute Gasteiger partial charge is 0.351 e. The van der Waals surface area contributed by atoms with E-state index in [1.807, 2.05) is 42.5 Å². The molecule has 1 amide bonds. The van der Waals surface area contributed by atoms with Crippen molar-refractivity contribution in [3.63, 3.8) is 0 Å². The Labute approximate surface area is 148 Å². The fourth-order valence-corrected chi connectivity index (χ4v) is 3.54. The predicted octanol–water partition coefficient (Wildman–Crippen LogP) is 4.44. The van der Waals surface area contributed by atoms with Crippen LogP contribution in [0.1, 0.15) is 26.8 Å². The SMILES string of the molecule is Cc1cc(C(=O)Nc2ccc(Cc3nc4ccccc4s3)cc2)on1.